The van der Waals surface area contributed by atoms with Gasteiger partial charge in [0.15, 0.2) is 21.3 Å². The Kier molecular flexibility index (Phi) is 4.78. The molecule has 3 rings (SSSR count). The van der Waals surface area contributed by atoms with Gasteiger partial charge >= 0.3 is 11.9 Å². The summed E-state index contributed by atoms with van der Waals surface area (Å²) in [4.78, 5) is 41.3. The molecule has 1 amide bonds. The van der Waals surface area contributed by atoms with Crippen molar-refractivity contribution in [3.8, 4) is 0 Å². The Balaban J connectivity index is 2.04. The topological polar surface area (TPSA) is 131 Å². The molecule has 2 aliphatic heterocycles. The summed E-state index contributed by atoms with van der Waals surface area (Å²) in [7, 11) is -4.00. The van der Waals surface area contributed by atoms with Gasteiger partial charge in [-0.05, 0) is 38.5 Å². The van der Waals surface area contributed by atoms with Crippen LogP contribution in [0.15, 0.2) is 23.9 Å². The van der Waals surface area contributed by atoms with Gasteiger partial charge in [0.2, 0.25) is 0 Å². The van der Waals surface area contributed by atoms with Gasteiger partial charge in [-0.2, -0.15) is 0 Å². The Morgan fingerprint density at radius 3 is 2.68 bits per heavy atom. The Morgan fingerprint density at radius 2 is 2.07 bits per heavy atom. The number of hydrogen-bond acceptors (Lipinski definition) is 7. The van der Waals surface area contributed by atoms with E-state index in [1.165, 1.54) is 38.3 Å². The van der Waals surface area contributed by atoms with Crippen molar-refractivity contribution in [2.24, 2.45) is 0 Å². The van der Waals surface area contributed by atoms with Crippen LogP contribution in [0.2, 0.25) is 0 Å². The largest absolute Gasteiger partial charge is 0.480 e. The van der Waals surface area contributed by atoms with Crippen LogP contribution in [-0.2, 0) is 24.2 Å². The van der Waals surface area contributed by atoms with Crippen molar-refractivity contribution in [3.05, 3.63) is 35.2 Å². The Labute approximate surface area is 161 Å². The van der Waals surface area contributed by atoms with Gasteiger partial charge in [0.25, 0.3) is 5.91 Å². The van der Waals surface area contributed by atoms with Crippen molar-refractivity contribution >= 4 is 33.8 Å². The third-order valence-electron chi connectivity index (χ3n) is 4.99. The number of ether oxygens (including phenoxy) is 1. The molecule has 1 N–H and O–H groups in total. The summed E-state index contributed by atoms with van der Waals surface area (Å²) in [5.41, 5.74) is 0.0811. The Morgan fingerprint density at radius 1 is 1.39 bits per heavy atom. The quantitative estimate of drug-likeness (QED) is 0.431. The van der Waals surface area contributed by atoms with E-state index in [2.05, 4.69) is 4.98 Å². The van der Waals surface area contributed by atoms with Crippen molar-refractivity contribution in [1.29, 1.82) is 0 Å². The van der Waals surface area contributed by atoms with Gasteiger partial charge in [0, 0.05) is 6.20 Å². The Hall–Kier alpha value is -2.75. The second kappa shape index (κ2) is 6.69. The van der Waals surface area contributed by atoms with Crippen molar-refractivity contribution in [3.63, 3.8) is 0 Å². The normalized spacial score (nSPS) is 25.9. The van der Waals surface area contributed by atoms with Crippen molar-refractivity contribution < 1.29 is 32.6 Å². The number of aliphatic carboxylic acids is 1. The summed E-state index contributed by atoms with van der Waals surface area (Å²) in [5, 5.41) is 8.07. The summed E-state index contributed by atoms with van der Waals surface area (Å²) in [6.07, 6.45) is 3.25. The molecule has 0 radical (unpaired) electrons. The average molecular weight is 408 g/mol. The first-order valence-corrected chi connectivity index (χ1v) is 10.2. The standard InChI is InChI=1S/C18H20N2O7S/c1-4-8-27-17(24)10-6-5-7-19-12(10)9-11-14(21)20-13(16(22)23)18(2,3)28(25,26)15(11)20/h5-7,9,13,15H,4,8H2,1-3H3,(H,22,23)/b11-9-/t13-,15+/m0/s1. The van der Waals surface area contributed by atoms with Crippen molar-refractivity contribution in [1.82, 2.24) is 9.88 Å². The molecule has 2 fully saturated rings. The highest BCUT2D eigenvalue weighted by Crippen LogP contribution is 2.48. The first kappa shape index (κ1) is 20.0. The number of esters is 1. The molecule has 10 heteroatoms. The first-order chi connectivity index (χ1) is 13.1. The molecule has 2 aliphatic rings. The number of β-lactam (4-membered cyclic amide) rings is 1. The van der Waals surface area contributed by atoms with E-state index in [1.807, 2.05) is 6.92 Å². The first-order valence-electron chi connectivity index (χ1n) is 8.68. The van der Waals surface area contributed by atoms with Crippen LogP contribution in [0.25, 0.3) is 6.08 Å². The predicted octanol–water partition coefficient (Wildman–Crippen LogP) is 0.860. The van der Waals surface area contributed by atoms with Crippen molar-refractivity contribution in [2.45, 2.75) is 43.4 Å². The van der Waals surface area contributed by atoms with Crippen LogP contribution in [0.4, 0.5) is 0 Å². The molecule has 1 aromatic heterocycles. The highest BCUT2D eigenvalue weighted by atomic mass is 32.2. The molecule has 2 atom stereocenters. The van der Waals surface area contributed by atoms with Crippen LogP contribution < -0.4 is 0 Å². The van der Waals surface area contributed by atoms with Gasteiger partial charge in [-0.25, -0.2) is 18.0 Å². The van der Waals surface area contributed by atoms with Crippen LogP contribution in [0.5, 0.6) is 0 Å². The predicted molar refractivity (Wildman–Crippen MR) is 97.8 cm³/mol. The van der Waals surface area contributed by atoms with Gasteiger partial charge in [0.1, 0.15) is 4.75 Å². The number of nitrogens with zero attached hydrogens (tertiary/aromatic N) is 2. The van der Waals surface area contributed by atoms with E-state index in [1.54, 1.807) is 0 Å². The lowest BCUT2D eigenvalue weighted by Gasteiger charge is -2.37. The van der Waals surface area contributed by atoms with Gasteiger partial charge in [-0.1, -0.05) is 6.92 Å². The van der Waals surface area contributed by atoms with E-state index in [9.17, 15) is 27.9 Å². The van der Waals surface area contributed by atoms with Crippen LogP contribution in [0.1, 0.15) is 43.2 Å². The fourth-order valence-electron chi connectivity index (χ4n) is 3.47. The fraction of sp³-hybridized carbons (Fsp3) is 0.444. The molecule has 28 heavy (non-hydrogen) atoms. The van der Waals surface area contributed by atoms with E-state index in [0.29, 0.717) is 6.42 Å². The summed E-state index contributed by atoms with van der Waals surface area (Å²) in [6.45, 7) is 4.63. The zero-order valence-corrected chi connectivity index (χ0v) is 16.4. The third kappa shape index (κ3) is 2.70. The highest BCUT2D eigenvalue weighted by Gasteiger charge is 2.70. The Bertz CT molecular complexity index is 997. The van der Waals surface area contributed by atoms with Crippen LogP contribution >= 0.6 is 0 Å². The summed E-state index contributed by atoms with van der Waals surface area (Å²) in [5.74, 6) is -2.72. The van der Waals surface area contributed by atoms with Gasteiger partial charge in [-0.3, -0.25) is 9.78 Å². The third-order valence-corrected chi connectivity index (χ3v) is 7.74. The number of carboxylic acids is 1. The maximum absolute atomic E-state index is 12.9. The van der Waals surface area contributed by atoms with E-state index in [-0.39, 0.29) is 23.4 Å². The number of carboxylic acid groups (broad SMARTS) is 1. The van der Waals surface area contributed by atoms with Crippen molar-refractivity contribution in [2.75, 3.05) is 6.61 Å². The zero-order chi connectivity index (χ0) is 20.9. The van der Waals surface area contributed by atoms with E-state index in [0.717, 1.165) is 4.90 Å². The van der Waals surface area contributed by atoms with Gasteiger partial charge < -0.3 is 14.7 Å². The number of hydrogen-bond donors (Lipinski definition) is 1. The molecule has 0 saturated carbocycles. The molecule has 0 aromatic carbocycles. The maximum atomic E-state index is 12.9. The van der Waals surface area contributed by atoms with Crippen LogP contribution in [0, 0.1) is 0 Å². The number of carbonyl (C=O) groups excluding carboxylic acids is 2. The second-order valence-corrected chi connectivity index (χ2v) is 9.71. The molecule has 150 valence electrons. The lowest BCUT2D eigenvalue weighted by molar-refractivity contribution is -0.152. The number of sulfone groups is 1. The molecule has 1 aromatic rings. The molecule has 9 nitrogen and oxygen atoms in total. The molecule has 0 bridgehead atoms. The molecule has 0 spiro atoms. The number of fused-ring (bicyclic) bond motifs is 1. The number of pyridine rings is 1. The molecular formula is C18H20N2O7S. The van der Waals surface area contributed by atoms with E-state index >= 15 is 0 Å². The smallest absolute Gasteiger partial charge is 0.340 e. The molecular weight excluding hydrogens is 388 g/mol. The fourth-order valence-corrected chi connectivity index (χ4v) is 5.59. The number of aromatic nitrogens is 1. The minimum atomic E-state index is -4.00. The monoisotopic (exact) mass is 408 g/mol. The minimum absolute atomic E-state index is 0.0957. The van der Waals surface area contributed by atoms with E-state index < -0.39 is 43.8 Å². The zero-order valence-electron chi connectivity index (χ0n) is 15.6. The summed E-state index contributed by atoms with van der Waals surface area (Å²) >= 11 is 0. The van der Waals surface area contributed by atoms with E-state index in [4.69, 9.17) is 4.74 Å². The second-order valence-electron chi connectivity index (χ2n) is 7.13. The minimum Gasteiger partial charge on any atom is -0.480 e. The molecule has 0 aliphatic carbocycles. The van der Waals surface area contributed by atoms with Gasteiger partial charge in [0.05, 0.1) is 23.4 Å². The average Bonchev–Trinajstić information content (AvgIpc) is 2.78. The molecule has 2 saturated heterocycles. The SMILES string of the molecule is CCCOC(=O)c1cccnc1/C=C1/C(=O)N2[C@@H](C(=O)O)C(C)(C)S(=O)(=O)[C@H]12. The van der Waals surface area contributed by atoms with Crippen LogP contribution in [0.3, 0.4) is 0 Å². The van der Waals surface area contributed by atoms with Gasteiger partial charge in [-0.15, -0.1) is 0 Å². The number of rotatable bonds is 5. The molecule has 3 heterocycles. The van der Waals surface area contributed by atoms with Crippen LogP contribution in [-0.4, -0.2) is 64.0 Å². The molecule has 0 unspecified atom stereocenters. The lowest BCUT2D eigenvalue weighted by Crippen LogP contribution is -2.58. The maximum Gasteiger partial charge on any atom is 0.340 e. The summed E-state index contributed by atoms with van der Waals surface area (Å²) < 4.78 is 29.2. The number of amides is 1. The summed E-state index contributed by atoms with van der Waals surface area (Å²) in [6, 6.07) is 1.51. The lowest BCUT2D eigenvalue weighted by atomic mass is 9.95. The highest BCUT2D eigenvalue weighted by molar-refractivity contribution is 7.94. The number of carbonyl (C=O) groups is 3.